The van der Waals surface area contributed by atoms with E-state index in [1.54, 1.807) is 0 Å². The van der Waals surface area contributed by atoms with Gasteiger partial charge in [-0.05, 0) is 0 Å². The smallest absolute Gasteiger partial charge is 0.148 e. The Kier molecular flexibility index (Phi) is 2.23. The normalized spacial score (nSPS) is 9.45. The zero-order valence-corrected chi connectivity index (χ0v) is 5.87. The maximum atomic E-state index is 10.4. The minimum Gasteiger partial charge on any atom is -0.298 e. The molecule has 0 amide bonds. The van der Waals surface area contributed by atoms with Crippen molar-refractivity contribution in [3.63, 3.8) is 0 Å². The largest absolute Gasteiger partial charge is 0.298 e. The first-order valence-electron chi connectivity index (χ1n) is 3.05. The van der Waals surface area contributed by atoms with Crippen LogP contribution < -0.4 is 16.4 Å². The molecule has 0 aliphatic rings. The second kappa shape index (κ2) is 2.99. The minimum atomic E-state index is 0.305. The SMILES string of the molecule is [B]c1cc([B])c(C=O)c([B])c1. The Bertz CT molecular complexity index is 273. The Morgan fingerprint density at radius 1 is 1.09 bits per heavy atom. The van der Waals surface area contributed by atoms with E-state index in [2.05, 4.69) is 0 Å². The molecule has 0 saturated carbocycles. The van der Waals surface area contributed by atoms with Crippen LogP contribution in [0.2, 0.25) is 0 Å². The molecular formula is C7H3B3O. The molecule has 46 valence electrons. The predicted octanol–water partition coefficient (Wildman–Crippen LogP) is -2.12. The standard InChI is InChI=1S/C7H3B3O/c8-4-1-6(9)5(3-11)7(10)2-4/h1-3H. The fourth-order valence-electron chi connectivity index (χ4n) is 0.859. The monoisotopic (exact) mass is 136 g/mol. The van der Waals surface area contributed by atoms with Gasteiger partial charge in [-0.2, -0.15) is 0 Å². The highest BCUT2D eigenvalue weighted by Crippen LogP contribution is 1.82. The summed E-state index contributed by atoms with van der Waals surface area (Å²) >= 11 is 0. The van der Waals surface area contributed by atoms with Gasteiger partial charge in [0, 0.05) is 5.56 Å². The van der Waals surface area contributed by atoms with Gasteiger partial charge in [0.05, 0.1) is 0 Å². The van der Waals surface area contributed by atoms with Crippen molar-refractivity contribution in [2.45, 2.75) is 0 Å². The lowest BCUT2D eigenvalue weighted by molar-refractivity contribution is 0.112. The quantitative estimate of drug-likeness (QED) is 0.318. The number of carbonyl (C=O) groups excluding carboxylic acids is 1. The summed E-state index contributed by atoms with van der Waals surface area (Å²) in [6, 6.07) is 3.00. The van der Waals surface area contributed by atoms with Crippen LogP contribution in [0.5, 0.6) is 0 Å². The highest BCUT2D eigenvalue weighted by molar-refractivity contribution is 6.46. The molecule has 0 spiro atoms. The van der Waals surface area contributed by atoms with Gasteiger partial charge >= 0.3 is 0 Å². The second-order valence-electron chi connectivity index (χ2n) is 2.23. The van der Waals surface area contributed by atoms with Gasteiger partial charge in [0.15, 0.2) is 0 Å². The van der Waals surface area contributed by atoms with E-state index in [1.165, 1.54) is 12.1 Å². The first-order chi connectivity index (χ1) is 5.15. The Balaban J connectivity index is 3.36. The maximum Gasteiger partial charge on any atom is 0.148 e. The number of carbonyl (C=O) groups is 1. The van der Waals surface area contributed by atoms with Gasteiger partial charge in [-0.1, -0.05) is 28.5 Å². The topological polar surface area (TPSA) is 17.1 Å². The van der Waals surface area contributed by atoms with E-state index in [4.69, 9.17) is 23.5 Å². The van der Waals surface area contributed by atoms with Crippen molar-refractivity contribution in [2.75, 3.05) is 0 Å². The molecule has 0 atom stereocenters. The summed E-state index contributed by atoms with van der Waals surface area (Å²) in [5, 5.41) is 0. The Morgan fingerprint density at radius 3 is 1.91 bits per heavy atom. The lowest BCUT2D eigenvalue weighted by Gasteiger charge is -2.05. The van der Waals surface area contributed by atoms with Crippen LogP contribution in [0.3, 0.4) is 0 Å². The molecule has 0 aliphatic heterocycles. The highest BCUT2D eigenvalue weighted by atomic mass is 16.1. The van der Waals surface area contributed by atoms with Crippen molar-refractivity contribution in [1.29, 1.82) is 0 Å². The molecule has 1 aromatic carbocycles. The van der Waals surface area contributed by atoms with Crippen LogP contribution in [-0.2, 0) is 0 Å². The van der Waals surface area contributed by atoms with Crippen molar-refractivity contribution in [3.8, 4) is 0 Å². The van der Waals surface area contributed by atoms with Gasteiger partial charge in [0.2, 0.25) is 0 Å². The molecule has 0 bridgehead atoms. The van der Waals surface area contributed by atoms with Crippen LogP contribution in [0.4, 0.5) is 0 Å². The number of benzene rings is 1. The summed E-state index contributed by atoms with van der Waals surface area (Å²) in [7, 11) is 16.3. The second-order valence-corrected chi connectivity index (χ2v) is 2.23. The number of hydrogen-bond acceptors (Lipinski definition) is 1. The molecular weight excluding hydrogens is 133 g/mol. The number of aldehydes is 1. The van der Waals surface area contributed by atoms with Gasteiger partial charge in [-0.15, -0.1) is 0 Å². The summed E-state index contributed by atoms with van der Waals surface area (Å²) < 4.78 is 0. The molecule has 1 nitrogen and oxygen atoms in total. The Morgan fingerprint density at radius 2 is 1.55 bits per heavy atom. The van der Waals surface area contributed by atoms with E-state index in [0.717, 1.165) is 0 Å². The average Bonchev–Trinajstić information content (AvgIpc) is 1.85. The molecule has 6 radical (unpaired) electrons. The third-order valence-corrected chi connectivity index (χ3v) is 1.38. The first kappa shape index (κ1) is 8.18. The third kappa shape index (κ3) is 1.56. The maximum absolute atomic E-state index is 10.4. The first-order valence-corrected chi connectivity index (χ1v) is 3.05. The summed E-state index contributed by atoms with van der Waals surface area (Å²) in [4.78, 5) is 10.4. The van der Waals surface area contributed by atoms with Gasteiger partial charge < -0.3 is 0 Å². The highest BCUT2D eigenvalue weighted by Gasteiger charge is 1.99. The van der Waals surface area contributed by atoms with Crippen LogP contribution in [0, 0.1) is 0 Å². The zero-order chi connectivity index (χ0) is 8.43. The zero-order valence-electron chi connectivity index (χ0n) is 5.87. The van der Waals surface area contributed by atoms with Gasteiger partial charge in [0.1, 0.15) is 29.8 Å². The Labute approximate surface area is 69.4 Å². The van der Waals surface area contributed by atoms with Crippen molar-refractivity contribution < 1.29 is 4.79 Å². The minimum absolute atomic E-state index is 0.305. The lowest BCUT2D eigenvalue weighted by atomic mass is 9.76. The van der Waals surface area contributed by atoms with Gasteiger partial charge in [-0.25, -0.2) is 0 Å². The Hall–Kier alpha value is -0.915. The molecule has 4 heteroatoms. The van der Waals surface area contributed by atoms with E-state index in [1.807, 2.05) is 0 Å². The van der Waals surface area contributed by atoms with Crippen molar-refractivity contribution >= 4 is 46.2 Å². The van der Waals surface area contributed by atoms with Crippen LogP contribution in [0.25, 0.3) is 0 Å². The molecule has 0 aromatic heterocycles. The molecule has 11 heavy (non-hydrogen) atoms. The van der Waals surface area contributed by atoms with E-state index in [9.17, 15) is 4.79 Å². The number of rotatable bonds is 1. The molecule has 0 saturated heterocycles. The van der Waals surface area contributed by atoms with E-state index in [-0.39, 0.29) is 0 Å². The van der Waals surface area contributed by atoms with E-state index in [0.29, 0.717) is 28.2 Å². The molecule has 0 N–H and O–H groups in total. The van der Waals surface area contributed by atoms with Crippen molar-refractivity contribution in [1.82, 2.24) is 0 Å². The molecule has 0 heterocycles. The predicted molar refractivity (Wildman–Crippen MR) is 48.0 cm³/mol. The summed E-state index contributed by atoms with van der Waals surface area (Å²) in [6.07, 6.45) is 0.615. The van der Waals surface area contributed by atoms with Crippen LogP contribution >= 0.6 is 0 Å². The van der Waals surface area contributed by atoms with Gasteiger partial charge in [0.25, 0.3) is 0 Å². The lowest BCUT2D eigenvalue weighted by Crippen LogP contribution is -2.28. The summed E-state index contributed by atoms with van der Waals surface area (Å²) in [5.41, 5.74) is 1.40. The molecule has 0 aliphatic carbocycles. The molecule has 1 aromatic rings. The fourth-order valence-corrected chi connectivity index (χ4v) is 0.859. The molecule has 0 fully saturated rings. The molecule has 0 unspecified atom stereocenters. The van der Waals surface area contributed by atoms with Crippen LogP contribution in [0.15, 0.2) is 12.1 Å². The average molecular weight is 136 g/mol. The van der Waals surface area contributed by atoms with Crippen molar-refractivity contribution in [3.05, 3.63) is 17.7 Å². The number of hydrogen-bond donors (Lipinski definition) is 0. The van der Waals surface area contributed by atoms with Gasteiger partial charge in [-0.3, -0.25) is 4.79 Å². The summed E-state index contributed by atoms with van der Waals surface area (Å²) in [6.45, 7) is 0. The van der Waals surface area contributed by atoms with E-state index < -0.39 is 0 Å². The van der Waals surface area contributed by atoms with Crippen LogP contribution in [-0.4, -0.2) is 29.8 Å². The summed E-state index contributed by atoms with van der Waals surface area (Å²) in [5.74, 6) is 0. The molecule has 1 rings (SSSR count). The van der Waals surface area contributed by atoms with Crippen LogP contribution in [0.1, 0.15) is 10.4 Å². The van der Waals surface area contributed by atoms with E-state index >= 15 is 0 Å². The fraction of sp³-hybridized carbons (Fsp3) is 0. The third-order valence-electron chi connectivity index (χ3n) is 1.38. The van der Waals surface area contributed by atoms with Crippen molar-refractivity contribution in [2.24, 2.45) is 0 Å².